The van der Waals surface area contributed by atoms with Crippen LogP contribution in [0.2, 0.25) is 5.02 Å². The van der Waals surface area contributed by atoms with Crippen molar-refractivity contribution in [3.05, 3.63) is 46.7 Å². The molecule has 2 aliphatic rings. The molecule has 2 fully saturated rings. The molecule has 1 N–H and O–H groups in total. The van der Waals surface area contributed by atoms with Crippen molar-refractivity contribution >= 4 is 40.4 Å². The summed E-state index contributed by atoms with van der Waals surface area (Å²) in [6, 6.07) is 5.07. The van der Waals surface area contributed by atoms with Gasteiger partial charge in [-0.3, -0.25) is 19.9 Å². The molecule has 2 amide bonds. The lowest BCUT2D eigenvalue weighted by atomic mass is 10.1. The molecule has 0 saturated carbocycles. The average molecular weight is 594 g/mol. The first kappa shape index (κ1) is 29.1. The van der Waals surface area contributed by atoms with Gasteiger partial charge in [0.05, 0.1) is 30.3 Å². The van der Waals surface area contributed by atoms with Crippen molar-refractivity contribution < 1.29 is 32.2 Å². The van der Waals surface area contributed by atoms with Gasteiger partial charge in [0, 0.05) is 44.1 Å². The highest BCUT2D eigenvalue weighted by atomic mass is 35.5. The minimum Gasteiger partial charge on any atom is -0.489 e. The number of ether oxygens (including phenoxy) is 2. The Hall–Kier alpha value is -3.38. The number of carbonyl (C=O) groups is 2. The molecule has 2 aliphatic heterocycles. The van der Waals surface area contributed by atoms with Crippen LogP contribution in [0.1, 0.15) is 67.5 Å². The fourth-order valence-electron chi connectivity index (χ4n) is 5.32. The standard InChI is InChI=1S/C28H31ClF3N5O4/c1-2-23(38)36-12-4-3-5-18(16-36)37-25-20(6-7-21(24(25)29)41-19-9-13-40-14-10-19)34-27(37)35-26(39)17-8-11-33-22(15-17)28(30,31)32/h6-8,11,15,18-19H,2-5,9-10,12-14,16H2,1H3,(H,34,35,39)/t18-/m1/s1. The minimum absolute atomic E-state index is 0.0120. The van der Waals surface area contributed by atoms with Crippen LogP contribution in [0.5, 0.6) is 5.75 Å². The molecule has 13 heteroatoms. The van der Waals surface area contributed by atoms with Crippen LogP contribution in [-0.4, -0.2) is 63.7 Å². The monoisotopic (exact) mass is 593 g/mol. The van der Waals surface area contributed by atoms with E-state index < -0.39 is 17.8 Å². The lowest BCUT2D eigenvalue weighted by molar-refractivity contribution is -0.141. The number of amides is 2. The van der Waals surface area contributed by atoms with Crippen molar-refractivity contribution in [2.75, 3.05) is 31.6 Å². The average Bonchev–Trinajstić information content (AvgIpc) is 3.15. The molecule has 9 nitrogen and oxygen atoms in total. The van der Waals surface area contributed by atoms with Crippen LogP contribution in [0.25, 0.3) is 11.0 Å². The maximum Gasteiger partial charge on any atom is 0.433 e. The molecular weight excluding hydrogens is 563 g/mol. The maximum absolute atomic E-state index is 13.2. The number of imidazole rings is 1. The number of alkyl halides is 3. The van der Waals surface area contributed by atoms with Gasteiger partial charge in [0.2, 0.25) is 11.9 Å². The molecule has 3 aromatic rings. The van der Waals surface area contributed by atoms with Gasteiger partial charge in [0.25, 0.3) is 5.91 Å². The molecule has 0 aliphatic carbocycles. The Balaban J connectivity index is 1.56. The number of carbonyl (C=O) groups excluding carboxylic acids is 2. The van der Waals surface area contributed by atoms with Crippen LogP contribution < -0.4 is 10.1 Å². The third-order valence-electron chi connectivity index (χ3n) is 7.42. The van der Waals surface area contributed by atoms with Crippen LogP contribution in [0.15, 0.2) is 30.5 Å². The van der Waals surface area contributed by atoms with E-state index in [0.29, 0.717) is 67.0 Å². The fraction of sp³-hybridized carbons (Fsp3) is 0.500. The summed E-state index contributed by atoms with van der Waals surface area (Å²) >= 11 is 6.95. The van der Waals surface area contributed by atoms with E-state index in [2.05, 4.69) is 15.3 Å². The summed E-state index contributed by atoms with van der Waals surface area (Å²) in [6.45, 7) is 3.97. The zero-order valence-electron chi connectivity index (χ0n) is 22.5. The molecule has 0 unspecified atom stereocenters. The second-order valence-electron chi connectivity index (χ2n) is 10.2. The van der Waals surface area contributed by atoms with Gasteiger partial charge in [0.15, 0.2) is 0 Å². The zero-order valence-corrected chi connectivity index (χ0v) is 23.3. The van der Waals surface area contributed by atoms with Crippen molar-refractivity contribution in [2.45, 2.75) is 63.8 Å². The van der Waals surface area contributed by atoms with Gasteiger partial charge in [-0.15, -0.1) is 0 Å². The summed E-state index contributed by atoms with van der Waals surface area (Å²) in [5, 5.41) is 3.01. The zero-order chi connectivity index (χ0) is 29.1. The Morgan fingerprint density at radius 1 is 1.17 bits per heavy atom. The van der Waals surface area contributed by atoms with E-state index in [1.807, 2.05) is 0 Å². The third-order valence-corrected chi connectivity index (χ3v) is 7.79. The van der Waals surface area contributed by atoms with E-state index in [0.717, 1.165) is 31.9 Å². The number of hydrogen-bond donors (Lipinski definition) is 1. The number of aromatic nitrogens is 3. The normalized spacial score (nSPS) is 18.8. The number of hydrogen-bond acceptors (Lipinski definition) is 6. The number of fused-ring (bicyclic) bond motifs is 1. The van der Waals surface area contributed by atoms with Crippen LogP contribution in [0, 0.1) is 0 Å². The first-order valence-electron chi connectivity index (χ1n) is 13.7. The van der Waals surface area contributed by atoms with Crippen molar-refractivity contribution in [1.29, 1.82) is 0 Å². The second kappa shape index (κ2) is 12.2. The van der Waals surface area contributed by atoms with Crippen LogP contribution >= 0.6 is 11.6 Å². The summed E-state index contributed by atoms with van der Waals surface area (Å²) in [4.78, 5) is 35.6. The Kier molecular flexibility index (Phi) is 8.69. The first-order valence-corrected chi connectivity index (χ1v) is 14.1. The van der Waals surface area contributed by atoms with Gasteiger partial charge in [-0.2, -0.15) is 13.2 Å². The van der Waals surface area contributed by atoms with Gasteiger partial charge < -0.3 is 18.9 Å². The summed E-state index contributed by atoms with van der Waals surface area (Å²) in [7, 11) is 0. The number of likely N-dealkylation sites (tertiary alicyclic amines) is 1. The van der Waals surface area contributed by atoms with Crippen LogP contribution in [-0.2, 0) is 15.7 Å². The van der Waals surface area contributed by atoms with E-state index in [1.54, 1.807) is 28.5 Å². The van der Waals surface area contributed by atoms with Crippen LogP contribution in [0.3, 0.4) is 0 Å². The quantitative estimate of drug-likeness (QED) is 0.383. The number of rotatable bonds is 6. The number of benzene rings is 1. The van der Waals surface area contributed by atoms with Crippen molar-refractivity contribution in [3.63, 3.8) is 0 Å². The van der Waals surface area contributed by atoms with Gasteiger partial charge >= 0.3 is 6.18 Å². The highest BCUT2D eigenvalue weighted by molar-refractivity contribution is 6.36. The third kappa shape index (κ3) is 6.43. The number of anilines is 1. The van der Waals surface area contributed by atoms with Gasteiger partial charge in [-0.1, -0.05) is 18.5 Å². The molecule has 0 bridgehead atoms. The van der Waals surface area contributed by atoms with Crippen LogP contribution in [0.4, 0.5) is 19.1 Å². The minimum atomic E-state index is -4.70. The summed E-state index contributed by atoms with van der Waals surface area (Å²) < 4.78 is 53.2. The molecule has 4 heterocycles. The second-order valence-corrected chi connectivity index (χ2v) is 10.6. The summed E-state index contributed by atoms with van der Waals surface area (Å²) in [5.41, 5.74) is -0.390. The molecule has 2 aromatic heterocycles. The van der Waals surface area contributed by atoms with E-state index in [-0.39, 0.29) is 29.6 Å². The molecule has 0 spiro atoms. The predicted octanol–water partition coefficient (Wildman–Crippen LogP) is 5.88. The SMILES string of the molecule is CCC(=O)N1CCCC[C@@H](n2c(NC(=O)c3ccnc(C(F)(F)F)c3)nc3ccc(OC4CCOCC4)c(Cl)c32)C1. The van der Waals surface area contributed by atoms with Crippen molar-refractivity contribution in [2.24, 2.45) is 0 Å². The van der Waals surface area contributed by atoms with Gasteiger partial charge in [-0.05, 0) is 43.5 Å². The Labute approximate surface area is 240 Å². The summed E-state index contributed by atoms with van der Waals surface area (Å²) in [5.74, 6) is -0.183. The molecular formula is C28H31ClF3N5O4. The van der Waals surface area contributed by atoms with E-state index in [4.69, 9.17) is 21.1 Å². The Morgan fingerprint density at radius 2 is 1.95 bits per heavy atom. The topological polar surface area (TPSA) is 98.6 Å². The van der Waals surface area contributed by atoms with Crippen molar-refractivity contribution in [3.8, 4) is 5.75 Å². The smallest absolute Gasteiger partial charge is 0.433 e. The molecule has 2 saturated heterocycles. The predicted molar refractivity (Wildman–Crippen MR) is 146 cm³/mol. The largest absolute Gasteiger partial charge is 0.489 e. The number of pyridine rings is 1. The van der Waals surface area contributed by atoms with E-state index in [1.165, 1.54) is 6.07 Å². The Morgan fingerprint density at radius 3 is 2.68 bits per heavy atom. The lowest BCUT2D eigenvalue weighted by Crippen LogP contribution is -2.35. The van der Waals surface area contributed by atoms with Crippen molar-refractivity contribution in [1.82, 2.24) is 19.4 Å². The first-order chi connectivity index (χ1) is 19.7. The molecule has 1 aromatic carbocycles. The highest BCUT2D eigenvalue weighted by Gasteiger charge is 2.33. The Bertz CT molecular complexity index is 1420. The summed E-state index contributed by atoms with van der Waals surface area (Å²) in [6.07, 6.45) is 0.282. The highest BCUT2D eigenvalue weighted by Crippen LogP contribution is 2.39. The molecule has 5 rings (SSSR count). The number of nitrogens with one attached hydrogen (secondary N) is 1. The number of halogens is 4. The van der Waals surface area contributed by atoms with Gasteiger partial charge in [-0.25, -0.2) is 4.98 Å². The lowest BCUT2D eigenvalue weighted by Gasteiger charge is -2.27. The molecule has 1 atom stereocenters. The number of nitrogens with zero attached hydrogens (tertiary/aromatic N) is 4. The van der Waals surface area contributed by atoms with Gasteiger partial charge in [0.1, 0.15) is 22.6 Å². The fourth-order valence-corrected chi connectivity index (χ4v) is 5.61. The van der Waals surface area contributed by atoms with E-state index in [9.17, 15) is 22.8 Å². The van der Waals surface area contributed by atoms with E-state index >= 15 is 0 Å². The molecule has 220 valence electrons. The molecule has 41 heavy (non-hydrogen) atoms. The maximum atomic E-state index is 13.2. The molecule has 0 radical (unpaired) electrons.